The number of anilines is 1. The summed E-state index contributed by atoms with van der Waals surface area (Å²) in [6.07, 6.45) is 9.94. The molecule has 1 N–H and O–H groups in total. The van der Waals surface area contributed by atoms with Crippen molar-refractivity contribution in [3.8, 4) is 6.07 Å². The first-order valence-corrected chi connectivity index (χ1v) is 9.79. The fraction of sp³-hybridized carbons (Fsp3) is 0.579. The topological polar surface area (TPSA) is 50.9 Å². The lowest BCUT2D eigenvalue weighted by molar-refractivity contribution is 0.00207. The molecule has 4 heteroatoms. The van der Waals surface area contributed by atoms with Crippen LogP contribution < -0.4 is 4.90 Å². The minimum Gasteiger partial charge on any atom is -0.315 e. The maximum atomic E-state index is 9.04. The Bertz CT molecular complexity index is 623. The summed E-state index contributed by atoms with van der Waals surface area (Å²) in [5.74, 6) is 2.57. The summed E-state index contributed by atoms with van der Waals surface area (Å²) in [7, 11) is 0. The number of hydrogen-bond donors (Lipinski definition) is 1. The summed E-state index contributed by atoms with van der Waals surface area (Å²) in [5.41, 5.74) is 1.92. The Balaban J connectivity index is 1.74. The second-order valence-electron chi connectivity index (χ2n) is 7.65. The van der Waals surface area contributed by atoms with E-state index in [-0.39, 0.29) is 5.54 Å². The van der Waals surface area contributed by atoms with Crippen molar-refractivity contribution in [2.24, 2.45) is 17.8 Å². The maximum Gasteiger partial charge on any atom is 0.161 e. The van der Waals surface area contributed by atoms with Gasteiger partial charge in [0.05, 0.1) is 11.6 Å². The second-order valence-corrected chi connectivity index (χ2v) is 8.44. The molecular formula is C19H23N3S. The Labute approximate surface area is 142 Å². The first-order valence-electron chi connectivity index (χ1n) is 8.56. The van der Waals surface area contributed by atoms with Crippen molar-refractivity contribution in [3.63, 3.8) is 0 Å². The van der Waals surface area contributed by atoms with E-state index >= 15 is 0 Å². The van der Waals surface area contributed by atoms with Crippen molar-refractivity contribution in [2.45, 2.75) is 44.1 Å². The largest absolute Gasteiger partial charge is 0.315 e. The third kappa shape index (κ3) is 2.46. The molecule has 4 saturated carbocycles. The van der Waals surface area contributed by atoms with Gasteiger partial charge in [0.15, 0.2) is 5.17 Å². The van der Waals surface area contributed by atoms with E-state index in [1.54, 1.807) is 0 Å². The number of thioether (sulfide) groups is 1. The first-order chi connectivity index (χ1) is 11.1. The van der Waals surface area contributed by atoms with Crippen molar-refractivity contribution in [1.82, 2.24) is 0 Å². The van der Waals surface area contributed by atoms with Crippen LogP contribution in [0.15, 0.2) is 24.3 Å². The van der Waals surface area contributed by atoms with Crippen LogP contribution in [0.4, 0.5) is 5.69 Å². The summed E-state index contributed by atoms with van der Waals surface area (Å²) in [4.78, 5) is 2.31. The van der Waals surface area contributed by atoms with E-state index in [4.69, 9.17) is 10.7 Å². The van der Waals surface area contributed by atoms with Gasteiger partial charge in [0.25, 0.3) is 0 Å². The van der Waals surface area contributed by atoms with Crippen LogP contribution in [0.2, 0.25) is 0 Å². The summed E-state index contributed by atoms with van der Waals surface area (Å²) in [6, 6.07) is 10.0. The van der Waals surface area contributed by atoms with Crippen LogP contribution in [0.3, 0.4) is 0 Å². The molecular weight excluding hydrogens is 302 g/mol. The molecule has 0 spiro atoms. The van der Waals surface area contributed by atoms with E-state index < -0.39 is 0 Å². The van der Waals surface area contributed by atoms with Gasteiger partial charge in [-0.2, -0.15) is 5.26 Å². The van der Waals surface area contributed by atoms with Gasteiger partial charge in [0.1, 0.15) is 0 Å². The summed E-state index contributed by atoms with van der Waals surface area (Å²) < 4.78 is 0. The molecule has 0 atom stereocenters. The van der Waals surface area contributed by atoms with Crippen LogP contribution >= 0.6 is 11.8 Å². The molecule has 5 rings (SSSR count). The van der Waals surface area contributed by atoms with Gasteiger partial charge >= 0.3 is 0 Å². The average molecular weight is 325 g/mol. The van der Waals surface area contributed by atoms with E-state index in [1.165, 1.54) is 50.3 Å². The highest BCUT2D eigenvalue weighted by molar-refractivity contribution is 8.13. The highest BCUT2D eigenvalue weighted by atomic mass is 32.2. The van der Waals surface area contributed by atoms with Gasteiger partial charge in [-0.25, -0.2) is 0 Å². The standard InChI is InChI=1S/C19H23N3S/c1-23-18(21)22(17-4-2-13(12-20)3-5-17)19-9-14-6-15(10-19)8-16(7-14)11-19/h2-5,14-16,21H,6-11H2,1H3. The Kier molecular flexibility index (Phi) is 3.65. The zero-order valence-electron chi connectivity index (χ0n) is 13.6. The van der Waals surface area contributed by atoms with E-state index in [2.05, 4.69) is 11.0 Å². The fourth-order valence-corrected chi connectivity index (χ4v) is 6.20. The molecule has 23 heavy (non-hydrogen) atoms. The van der Waals surface area contributed by atoms with Crippen molar-refractivity contribution >= 4 is 22.6 Å². The number of benzene rings is 1. The van der Waals surface area contributed by atoms with Gasteiger partial charge in [-0.3, -0.25) is 5.41 Å². The van der Waals surface area contributed by atoms with Crippen molar-refractivity contribution < 1.29 is 0 Å². The molecule has 1 aromatic carbocycles. The van der Waals surface area contributed by atoms with Crippen LogP contribution in [0.25, 0.3) is 0 Å². The molecule has 3 nitrogen and oxygen atoms in total. The zero-order valence-corrected chi connectivity index (χ0v) is 14.4. The van der Waals surface area contributed by atoms with Gasteiger partial charge in [-0.05, 0) is 86.8 Å². The molecule has 0 unspecified atom stereocenters. The fourth-order valence-electron chi connectivity index (χ4n) is 5.72. The second kappa shape index (κ2) is 5.56. The summed E-state index contributed by atoms with van der Waals surface area (Å²) in [6.45, 7) is 0. The third-order valence-electron chi connectivity index (χ3n) is 6.13. The van der Waals surface area contributed by atoms with Gasteiger partial charge in [0.2, 0.25) is 0 Å². The Hall–Kier alpha value is -1.47. The molecule has 4 bridgehead atoms. The molecule has 0 radical (unpaired) electrons. The Morgan fingerprint density at radius 3 is 2.09 bits per heavy atom. The van der Waals surface area contributed by atoms with E-state index in [9.17, 15) is 0 Å². The van der Waals surface area contributed by atoms with E-state index in [1.807, 2.05) is 30.5 Å². The van der Waals surface area contributed by atoms with Crippen molar-refractivity contribution in [2.75, 3.05) is 11.2 Å². The minimum atomic E-state index is 0.142. The van der Waals surface area contributed by atoms with Gasteiger partial charge in [-0.15, -0.1) is 0 Å². The van der Waals surface area contributed by atoms with Crippen LogP contribution in [-0.2, 0) is 0 Å². The average Bonchev–Trinajstić information content (AvgIpc) is 2.54. The number of nitriles is 1. The summed E-state index contributed by atoms with van der Waals surface area (Å²) in [5, 5.41) is 18.3. The smallest absolute Gasteiger partial charge is 0.161 e. The minimum absolute atomic E-state index is 0.142. The number of nitrogens with one attached hydrogen (secondary N) is 1. The highest BCUT2D eigenvalue weighted by Crippen LogP contribution is 2.58. The Morgan fingerprint density at radius 2 is 1.65 bits per heavy atom. The number of rotatable bonds is 2. The molecule has 4 aliphatic rings. The molecule has 0 heterocycles. The molecule has 4 aliphatic carbocycles. The lowest BCUT2D eigenvalue weighted by atomic mass is 9.52. The van der Waals surface area contributed by atoms with E-state index in [0.717, 1.165) is 23.4 Å². The molecule has 120 valence electrons. The first kappa shape index (κ1) is 15.1. The molecule has 0 aliphatic heterocycles. The molecule has 0 aromatic heterocycles. The SMILES string of the molecule is CSC(=N)N(c1ccc(C#N)cc1)C12CC3CC(CC(C3)C1)C2. The molecule has 4 fully saturated rings. The molecule has 0 saturated heterocycles. The van der Waals surface area contributed by atoms with Crippen molar-refractivity contribution in [1.29, 1.82) is 10.7 Å². The zero-order chi connectivity index (χ0) is 16.0. The van der Waals surface area contributed by atoms with Crippen LogP contribution in [0.5, 0.6) is 0 Å². The van der Waals surface area contributed by atoms with Crippen LogP contribution in [-0.4, -0.2) is 17.0 Å². The predicted octanol–water partition coefficient (Wildman–Crippen LogP) is 4.63. The molecule has 1 aromatic rings. The monoisotopic (exact) mass is 325 g/mol. The number of hydrogen-bond acceptors (Lipinski definition) is 3. The number of nitrogens with zero attached hydrogens (tertiary/aromatic N) is 2. The van der Waals surface area contributed by atoms with Crippen molar-refractivity contribution in [3.05, 3.63) is 29.8 Å². The third-order valence-corrected chi connectivity index (χ3v) is 6.70. The molecule has 0 amide bonds. The van der Waals surface area contributed by atoms with Gasteiger partial charge in [-0.1, -0.05) is 11.8 Å². The van der Waals surface area contributed by atoms with Gasteiger partial charge < -0.3 is 4.90 Å². The van der Waals surface area contributed by atoms with Crippen LogP contribution in [0.1, 0.15) is 44.1 Å². The lowest BCUT2D eigenvalue weighted by Crippen LogP contribution is -2.61. The van der Waals surface area contributed by atoms with E-state index in [0.29, 0.717) is 10.7 Å². The predicted molar refractivity (Wildman–Crippen MR) is 95.8 cm³/mol. The summed E-state index contributed by atoms with van der Waals surface area (Å²) >= 11 is 1.53. The highest BCUT2D eigenvalue weighted by Gasteiger charge is 2.54. The van der Waals surface area contributed by atoms with Crippen LogP contribution in [0, 0.1) is 34.5 Å². The quantitative estimate of drug-likeness (QED) is 0.637. The maximum absolute atomic E-state index is 9.04. The normalized spacial score (nSPS) is 34.2. The Morgan fingerprint density at radius 1 is 1.13 bits per heavy atom. The lowest BCUT2D eigenvalue weighted by Gasteiger charge is -2.60. The number of amidine groups is 1. The van der Waals surface area contributed by atoms with Gasteiger partial charge in [0, 0.05) is 11.2 Å².